The molecule has 8 heteroatoms. The maximum absolute atomic E-state index is 12.8. The summed E-state index contributed by atoms with van der Waals surface area (Å²) in [4.78, 5) is 34.2. The summed E-state index contributed by atoms with van der Waals surface area (Å²) in [5.41, 5.74) is 2.56. The summed E-state index contributed by atoms with van der Waals surface area (Å²) >= 11 is 1.47. The number of aromatic nitrogens is 1. The monoisotopic (exact) mass is 507 g/mol. The summed E-state index contributed by atoms with van der Waals surface area (Å²) in [6.45, 7) is 14.6. The van der Waals surface area contributed by atoms with E-state index in [2.05, 4.69) is 55.1 Å². The second kappa shape index (κ2) is 10.6. The van der Waals surface area contributed by atoms with Crippen molar-refractivity contribution in [3.05, 3.63) is 59.7 Å². The van der Waals surface area contributed by atoms with Crippen molar-refractivity contribution in [3.8, 4) is 0 Å². The number of nitrogens with zero attached hydrogens (tertiary/aromatic N) is 3. The van der Waals surface area contributed by atoms with E-state index in [9.17, 15) is 9.59 Å². The third-order valence-corrected chi connectivity index (χ3v) is 7.17. The Balaban J connectivity index is 1.25. The predicted molar refractivity (Wildman–Crippen MR) is 148 cm³/mol. The molecule has 0 atom stereocenters. The zero-order valence-corrected chi connectivity index (χ0v) is 22.7. The van der Waals surface area contributed by atoms with Crippen LogP contribution in [-0.4, -0.2) is 58.4 Å². The van der Waals surface area contributed by atoms with Crippen LogP contribution in [0.4, 0.5) is 9.93 Å². The Labute approximate surface area is 217 Å². The molecular formula is C28H37N5O2S. The van der Waals surface area contributed by atoms with Gasteiger partial charge >= 0.3 is 6.03 Å². The Bertz CT molecular complexity index is 1170. The smallest absolute Gasteiger partial charge is 0.317 e. The van der Waals surface area contributed by atoms with Crippen molar-refractivity contribution in [3.63, 3.8) is 0 Å². The minimum Gasteiger partial charge on any atom is -0.333 e. The van der Waals surface area contributed by atoms with Gasteiger partial charge in [0.15, 0.2) is 5.13 Å². The molecule has 4 rings (SSSR count). The van der Waals surface area contributed by atoms with Gasteiger partial charge in [-0.15, -0.1) is 0 Å². The molecule has 2 N–H and O–H groups in total. The Hall–Kier alpha value is -2.97. The van der Waals surface area contributed by atoms with Crippen molar-refractivity contribution in [2.75, 3.05) is 31.5 Å². The van der Waals surface area contributed by atoms with Gasteiger partial charge in [-0.3, -0.25) is 15.0 Å². The number of fused-ring (bicyclic) bond motifs is 1. The van der Waals surface area contributed by atoms with Gasteiger partial charge in [-0.05, 0) is 55.5 Å². The maximum Gasteiger partial charge on any atom is 0.317 e. The van der Waals surface area contributed by atoms with E-state index in [1.54, 1.807) is 0 Å². The number of urea groups is 1. The average molecular weight is 508 g/mol. The summed E-state index contributed by atoms with van der Waals surface area (Å²) in [5, 5.41) is 6.73. The zero-order chi connectivity index (χ0) is 25.9. The lowest BCUT2D eigenvalue weighted by atomic mass is 9.82. The van der Waals surface area contributed by atoms with E-state index >= 15 is 0 Å². The molecule has 0 spiro atoms. The standard InChI is InChI=1S/C28H37N5O2S/c1-27(2,3)19-28(4,5)31-26(35)33-16-14-32(15-17-33)18-20-10-12-21(13-11-20)24(34)30-25-29-22-8-6-7-9-23(22)36-25/h6-13H,14-19H2,1-5H3,(H,31,35)(H,29,30,34). The van der Waals surface area contributed by atoms with Gasteiger partial charge in [0.05, 0.1) is 10.2 Å². The van der Waals surface area contributed by atoms with Crippen LogP contribution < -0.4 is 10.6 Å². The van der Waals surface area contributed by atoms with E-state index in [0.29, 0.717) is 23.8 Å². The molecule has 0 unspecified atom stereocenters. The lowest BCUT2D eigenvalue weighted by Gasteiger charge is -2.38. The third kappa shape index (κ3) is 7.04. The number of piperazine rings is 1. The van der Waals surface area contributed by atoms with E-state index in [0.717, 1.165) is 41.8 Å². The van der Waals surface area contributed by atoms with Gasteiger partial charge in [0.1, 0.15) is 0 Å². The number of carbonyl (C=O) groups is 2. The van der Waals surface area contributed by atoms with Crippen molar-refractivity contribution < 1.29 is 9.59 Å². The molecule has 1 saturated heterocycles. The highest BCUT2D eigenvalue weighted by atomic mass is 32.1. The molecule has 1 aliphatic heterocycles. The van der Waals surface area contributed by atoms with Gasteiger partial charge in [0, 0.05) is 43.8 Å². The van der Waals surface area contributed by atoms with Crippen molar-refractivity contribution in [2.45, 2.75) is 53.1 Å². The first-order valence-corrected chi connectivity index (χ1v) is 13.3. The first-order chi connectivity index (χ1) is 17.0. The van der Waals surface area contributed by atoms with Crippen LogP contribution in [0.3, 0.4) is 0 Å². The van der Waals surface area contributed by atoms with Crippen molar-refractivity contribution in [1.29, 1.82) is 0 Å². The molecule has 0 aliphatic carbocycles. The van der Waals surface area contributed by atoms with Gasteiger partial charge in [-0.2, -0.15) is 0 Å². The van der Waals surface area contributed by atoms with E-state index < -0.39 is 0 Å². The molecule has 3 amide bonds. The number of nitrogens with one attached hydrogen (secondary N) is 2. The van der Waals surface area contributed by atoms with Crippen LogP contribution in [0.2, 0.25) is 0 Å². The van der Waals surface area contributed by atoms with E-state index in [1.165, 1.54) is 11.3 Å². The zero-order valence-electron chi connectivity index (χ0n) is 21.9. The molecule has 36 heavy (non-hydrogen) atoms. The first kappa shape index (κ1) is 26.1. The number of hydrogen-bond acceptors (Lipinski definition) is 5. The molecule has 192 valence electrons. The van der Waals surface area contributed by atoms with Crippen LogP contribution in [0.5, 0.6) is 0 Å². The molecule has 3 aromatic rings. The average Bonchev–Trinajstić information content (AvgIpc) is 3.20. The summed E-state index contributed by atoms with van der Waals surface area (Å²) in [6, 6.07) is 15.6. The summed E-state index contributed by atoms with van der Waals surface area (Å²) < 4.78 is 1.05. The minimum atomic E-state index is -0.243. The fourth-order valence-corrected chi connectivity index (χ4v) is 5.82. The van der Waals surface area contributed by atoms with E-state index in [-0.39, 0.29) is 22.9 Å². The lowest BCUT2D eigenvalue weighted by Crippen LogP contribution is -2.56. The number of rotatable bonds is 6. The first-order valence-electron chi connectivity index (χ1n) is 12.5. The Kier molecular flexibility index (Phi) is 7.66. The number of carbonyl (C=O) groups excluding carboxylic acids is 2. The molecule has 0 saturated carbocycles. The van der Waals surface area contributed by atoms with Crippen molar-refractivity contribution in [2.24, 2.45) is 5.41 Å². The van der Waals surface area contributed by atoms with Gasteiger partial charge in [-0.1, -0.05) is 56.4 Å². The maximum atomic E-state index is 12.8. The highest BCUT2D eigenvalue weighted by Crippen LogP contribution is 2.27. The molecule has 1 aromatic heterocycles. The molecule has 7 nitrogen and oxygen atoms in total. The highest BCUT2D eigenvalue weighted by Gasteiger charge is 2.30. The molecule has 1 aliphatic rings. The van der Waals surface area contributed by atoms with Gasteiger partial charge in [0.25, 0.3) is 5.91 Å². The Morgan fingerprint density at radius 1 is 0.944 bits per heavy atom. The third-order valence-electron chi connectivity index (χ3n) is 6.21. The minimum absolute atomic E-state index is 0.0207. The number of thiazole rings is 1. The molecule has 1 fully saturated rings. The fourth-order valence-electron chi connectivity index (χ4n) is 4.96. The van der Waals surface area contributed by atoms with Crippen LogP contribution >= 0.6 is 11.3 Å². The molecular weight excluding hydrogens is 470 g/mol. The van der Waals surface area contributed by atoms with Crippen molar-refractivity contribution in [1.82, 2.24) is 20.1 Å². The predicted octanol–water partition coefficient (Wildman–Crippen LogP) is 5.59. The molecule has 0 radical (unpaired) electrons. The van der Waals surface area contributed by atoms with Crippen LogP contribution in [0.25, 0.3) is 10.2 Å². The summed E-state index contributed by atoms with van der Waals surface area (Å²) in [6.07, 6.45) is 0.917. The van der Waals surface area contributed by atoms with E-state index in [4.69, 9.17) is 0 Å². The second-order valence-corrected chi connectivity index (χ2v) is 12.5. The Morgan fingerprint density at radius 2 is 1.61 bits per heavy atom. The fraction of sp³-hybridized carbons (Fsp3) is 0.464. The van der Waals surface area contributed by atoms with Gasteiger partial charge in [0.2, 0.25) is 0 Å². The van der Waals surface area contributed by atoms with Crippen LogP contribution in [0.1, 0.15) is 57.0 Å². The second-order valence-electron chi connectivity index (χ2n) is 11.5. The molecule has 2 heterocycles. The Morgan fingerprint density at radius 3 is 2.25 bits per heavy atom. The number of hydrogen-bond donors (Lipinski definition) is 2. The number of benzene rings is 2. The lowest BCUT2D eigenvalue weighted by molar-refractivity contribution is 0.102. The number of anilines is 1. The summed E-state index contributed by atoms with van der Waals surface area (Å²) in [7, 11) is 0. The van der Waals surface area contributed by atoms with Crippen LogP contribution in [0, 0.1) is 5.41 Å². The largest absolute Gasteiger partial charge is 0.333 e. The normalized spacial score (nSPS) is 15.2. The molecule has 0 bridgehead atoms. The van der Waals surface area contributed by atoms with Crippen molar-refractivity contribution >= 4 is 38.6 Å². The van der Waals surface area contributed by atoms with E-state index in [1.807, 2.05) is 53.4 Å². The van der Waals surface area contributed by atoms with Gasteiger partial charge < -0.3 is 10.2 Å². The SMILES string of the molecule is CC(C)(C)CC(C)(C)NC(=O)N1CCN(Cc2ccc(C(=O)Nc3nc4ccccc4s3)cc2)CC1. The summed E-state index contributed by atoms with van der Waals surface area (Å²) in [5.74, 6) is -0.158. The number of amides is 3. The van der Waals surface area contributed by atoms with Crippen LogP contribution in [0.15, 0.2) is 48.5 Å². The van der Waals surface area contributed by atoms with Crippen LogP contribution in [-0.2, 0) is 6.54 Å². The quantitative estimate of drug-likeness (QED) is 0.456. The van der Waals surface area contributed by atoms with Gasteiger partial charge in [-0.25, -0.2) is 9.78 Å². The highest BCUT2D eigenvalue weighted by molar-refractivity contribution is 7.22. The topological polar surface area (TPSA) is 77.6 Å². The molecule has 2 aromatic carbocycles. The number of para-hydroxylation sites is 1.